The summed E-state index contributed by atoms with van der Waals surface area (Å²) in [5.41, 5.74) is 4.43. The number of rotatable bonds is 3. The molecule has 1 amide bonds. The smallest absolute Gasteiger partial charge is 0.243 e. The summed E-state index contributed by atoms with van der Waals surface area (Å²) in [7, 11) is 0. The molecule has 0 unspecified atom stereocenters. The first-order valence-electron chi connectivity index (χ1n) is 7.52. The van der Waals surface area contributed by atoms with E-state index in [0.717, 1.165) is 19.4 Å². The van der Waals surface area contributed by atoms with Crippen molar-refractivity contribution in [3.8, 4) is 0 Å². The minimum absolute atomic E-state index is 0.0403. The molecule has 4 heteroatoms. The van der Waals surface area contributed by atoms with E-state index < -0.39 is 0 Å². The van der Waals surface area contributed by atoms with Crippen molar-refractivity contribution < 1.29 is 4.79 Å². The lowest BCUT2D eigenvalue weighted by molar-refractivity contribution is -0.115. The first-order valence-corrected chi connectivity index (χ1v) is 7.90. The molecule has 0 aromatic heterocycles. The maximum absolute atomic E-state index is 12.3. The number of hydrogen-bond donors (Lipinski definition) is 1. The van der Waals surface area contributed by atoms with E-state index in [1.54, 1.807) is 6.07 Å². The first kappa shape index (κ1) is 14.9. The fourth-order valence-corrected chi connectivity index (χ4v) is 3.08. The van der Waals surface area contributed by atoms with Crippen molar-refractivity contribution in [3.05, 3.63) is 58.6 Å². The molecule has 3 rings (SSSR count). The van der Waals surface area contributed by atoms with Gasteiger partial charge in [0.05, 0.1) is 17.3 Å². The second-order valence-corrected chi connectivity index (χ2v) is 6.09. The van der Waals surface area contributed by atoms with Gasteiger partial charge in [-0.2, -0.15) is 0 Å². The summed E-state index contributed by atoms with van der Waals surface area (Å²) in [5, 5.41) is 3.45. The van der Waals surface area contributed by atoms with Crippen LogP contribution >= 0.6 is 11.6 Å². The Morgan fingerprint density at radius 3 is 2.91 bits per heavy atom. The molecular formula is C18H19ClN2O. The molecule has 1 aliphatic heterocycles. The van der Waals surface area contributed by atoms with E-state index in [-0.39, 0.29) is 5.91 Å². The van der Waals surface area contributed by atoms with Crippen molar-refractivity contribution in [3.63, 3.8) is 0 Å². The predicted molar refractivity (Wildman–Crippen MR) is 91.8 cm³/mol. The van der Waals surface area contributed by atoms with Crippen molar-refractivity contribution in [2.45, 2.75) is 19.8 Å². The van der Waals surface area contributed by atoms with E-state index in [0.29, 0.717) is 17.3 Å². The van der Waals surface area contributed by atoms with Crippen molar-refractivity contribution in [1.29, 1.82) is 0 Å². The minimum Gasteiger partial charge on any atom is -0.362 e. The number of benzene rings is 2. The van der Waals surface area contributed by atoms with Crippen LogP contribution < -0.4 is 10.2 Å². The molecule has 0 spiro atoms. The third-order valence-electron chi connectivity index (χ3n) is 3.93. The molecule has 0 saturated heterocycles. The Morgan fingerprint density at radius 2 is 2.09 bits per heavy atom. The van der Waals surface area contributed by atoms with Gasteiger partial charge >= 0.3 is 0 Å². The summed E-state index contributed by atoms with van der Waals surface area (Å²) >= 11 is 6.08. The fraction of sp³-hybridized carbons (Fsp3) is 0.278. The number of fused-ring (bicyclic) bond motifs is 1. The summed E-state index contributed by atoms with van der Waals surface area (Å²) in [5.74, 6) is -0.0403. The van der Waals surface area contributed by atoms with E-state index >= 15 is 0 Å². The lowest BCUT2D eigenvalue weighted by Gasteiger charge is -2.31. The Labute approximate surface area is 135 Å². The number of carbonyl (C=O) groups excluding carboxylic acids is 1. The number of carbonyl (C=O) groups is 1. The van der Waals surface area contributed by atoms with Crippen LogP contribution in [-0.2, 0) is 11.2 Å². The number of nitrogens with zero attached hydrogens (tertiary/aromatic N) is 1. The summed E-state index contributed by atoms with van der Waals surface area (Å²) in [4.78, 5) is 14.4. The molecular weight excluding hydrogens is 296 g/mol. The van der Waals surface area contributed by atoms with Crippen molar-refractivity contribution >= 4 is 28.9 Å². The number of amides is 1. The maximum atomic E-state index is 12.3. The standard InChI is InChI=1S/C18H19ClN2O/c1-13-8-9-17-14(11-13)5-4-10-21(17)12-18(22)20-16-7-3-2-6-15(16)19/h2-3,6-9,11H,4-5,10,12H2,1H3,(H,20,22). The molecule has 22 heavy (non-hydrogen) atoms. The quantitative estimate of drug-likeness (QED) is 0.927. The van der Waals surface area contributed by atoms with E-state index in [4.69, 9.17) is 11.6 Å². The summed E-state index contributed by atoms with van der Waals surface area (Å²) in [6.45, 7) is 3.36. The zero-order valence-corrected chi connectivity index (χ0v) is 13.4. The van der Waals surface area contributed by atoms with E-state index in [9.17, 15) is 4.79 Å². The Hall–Kier alpha value is -2.00. The zero-order chi connectivity index (χ0) is 15.5. The topological polar surface area (TPSA) is 32.3 Å². The van der Waals surface area contributed by atoms with Crippen LogP contribution in [0.15, 0.2) is 42.5 Å². The van der Waals surface area contributed by atoms with E-state index in [2.05, 4.69) is 35.3 Å². The normalized spacial score (nSPS) is 13.6. The number of aryl methyl sites for hydroxylation is 2. The Bertz CT molecular complexity index is 699. The average molecular weight is 315 g/mol. The molecule has 1 aliphatic rings. The van der Waals surface area contributed by atoms with Crippen LogP contribution in [0.2, 0.25) is 5.02 Å². The van der Waals surface area contributed by atoms with Crippen molar-refractivity contribution in [2.75, 3.05) is 23.3 Å². The van der Waals surface area contributed by atoms with Gasteiger partial charge in [-0.25, -0.2) is 0 Å². The fourth-order valence-electron chi connectivity index (χ4n) is 2.89. The molecule has 1 N–H and O–H groups in total. The zero-order valence-electron chi connectivity index (χ0n) is 12.6. The molecule has 0 atom stereocenters. The highest BCUT2D eigenvalue weighted by atomic mass is 35.5. The molecule has 0 bridgehead atoms. The SMILES string of the molecule is Cc1ccc2c(c1)CCCN2CC(=O)Nc1ccccc1Cl. The largest absolute Gasteiger partial charge is 0.362 e. The second-order valence-electron chi connectivity index (χ2n) is 5.69. The molecule has 0 radical (unpaired) electrons. The van der Waals surface area contributed by atoms with Gasteiger partial charge in [-0.3, -0.25) is 4.79 Å². The van der Waals surface area contributed by atoms with E-state index in [1.165, 1.54) is 16.8 Å². The minimum atomic E-state index is -0.0403. The Kier molecular flexibility index (Phi) is 4.34. The van der Waals surface area contributed by atoms with Crippen molar-refractivity contribution in [2.24, 2.45) is 0 Å². The molecule has 0 saturated carbocycles. The molecule has 0 aliphatic carbocycles. The lowest BCUT2D eigenvalue weighted by Crippen LogP contribution is -2.36. The van der Waals surface area contributed by atoms with Gasteiger partial charge < -0.3 is 10.2 Å². The van der Waals surface area contributed by atoms with Gasteiger partial charge in [0, 0.05) is 12.2 Å². The summed E-state index contributed by atoms with van der Waals surface area (Å²) < 4.78 is 0. The van der Waals surface area contributed by atoms with Gasteiger partial charge in [0.2, 0.25) is 5.91 Å². The third kappa shape index (κ3) is 3.25. The molecule has 0 fully saturated rings. The predicted octanol–water partition coefficient (Wildman–Crippen LogP) is 4.04. The molecule has 2 aromatic rings. The number of nitrogens with one attached hydrogen (secondary N) is 1. The van der Waals surface area contributed by atoms with Gasteiger partial charge in [-0.15, -0.1) is 0 Å². The number of anilines is 2. The van der Waals surface area contributed by atoms with Crippen LogP contribution in [0.1, 0.15) is 17.5 Å². The maximum Gasteiger partial charge on any atom is 0.243 e. The third-order valence-corrected chi connectivity index (χ3v) is 4.26. The molecule has 2 aromatic carbocycles. The first-order chi connectivity index (χ1) is 10.6. The number of para-hydroxylation sites is 1. The van der Waals surface area contributed by atoms with E-state index in [1.807, 2.05) is 18.2 Å². The monoisotopic (exact) mass is 314 g/mol. The second kappa shape index (κ2) is 6.41. The van der Waals surface area contributed by atoms with Gasteiger partial charge in [0.25, 0.3) is 0 Å². The van der Waals surface area contributed by atoms with Crippen LogP contribution in [0, 0.1) is 6.92 Å². The molecule has 114 valence electrons. The van der Waals surface area contributed by atoms with Crippen LogP contribution in [0.4, 0.5) is 11.4 Å². The van der Waals surface area contributed by atoms with Crippen LogP contribution in [0.5, 0.6) is 0 Å². The van der Waals surface area contributed by atoms with Gasteiger partial charge in [-0.1, -0.05) is 41.4 Å². The summed E-state index contributed by atoms with van der Waals surface area (Å²) in [6, 6.07) is 13.7. The Morgan fingerprint density at radius 1 is 1.27 bits per heavy atom. The molecule has 1 heterocycles. The van der Waals surface area contributed by atoms with Crippen LogP contribution in [0.3, 0.4) is 0 Å². The van der Waals surface area contributed by atoms with Crippen LogP contribution in [0.25, 0.3) is 0 Å². The number of halogens is 1. The summed E-state index contributed by atoms with van der Waals surface area (Å²) in [6.07, 6.45) is 2.16. The van der Waals surface area contributed by atoms with Crippen molar-refractivity contribution in [1.82, 2.24) is 0 Å². The van der Waals surface area contributed by atoms with Gasteiger partial charge in [0.15, 0.2) is 0 Å². The lowest BCUT2D eigenvalue weighted by atomic mass is 9.99. The number of hydrogen-bond acceptors (Lipinski definition) is 2. The average Bonchev–Trinajstić information content (AvgIpc) is 2.49. The van der Waals surface area contributed by atoms with Gasteiger partial charge in [0.1, 0.15) is 0 Å². The highest BCUT2D eigenvalue weighted by Gasteiger charge is 2.19. The highest BCUT2D eigenvalue weighted by Crippen LogP contribution is 2.28. The molecule has 3 nitrogen and oxygen atoms in total. The van der Waals surface area contributed by atoms with Crippen LogP contribution in [-0.4, -0.2) is 19.0 Å². The highest BCUT2D eigenvalue weighted by molar-refractivity contribution is 6.33. The van der Waals surface area contributed by atoms with Gasteiger partial charge in [-0.05, 0) is 43.5 Å². The Balaban J connectivity index is 1.72.